The van der Waals surface area contributed by atoms with Crippen LogP contribution >= 0.6 is 11.3 Å². The second-order valence-corrected chi connectivity index (χ2v) is 10.6. The summed E-state index contributed by atoms with van der Waals surface area (Å²) in [5.41, 5.74) is -4.40. The number of halogens is 8. The first-order chi connectivity index (χ1) is 18.7. The number of alkyl halides is 8. The maximum Gasteiger partial charge on any atom is 0.417 e. The van der Waals surface area contributed by atoms with Gasteiger partial charge < -0.3 is 20.6 Å². The zero-order valence-corrected chi connectivity index (χ0v) is 23.4. The van der Waals surface area contributed by atoms with Crippen LogP contribution in [0.5, 0.6) is 0 Å². The van der Waals surface area contributed by atoms with Crippen molar-refractivity contribution in [3.05, 3.63) is 28.5 Å². The molecule has 2 amide bonds. The van der Waals surface area contributed by atoms with Gasteiger partial charge in [-0.05, 0) is 26.8 Å². The van der Waals surface area contributed by atoms with E-state index in [-0.39, 0.29) is 6.54 Å². The Labute approximate surface area is 234 Å². The van der Waals surface area contributed by atoms with Crippen LogP contribution in [0.25, 0.3) is 10.4 Å². The van der Waals surface area contributed by atoms with E-state index in [0.29, 0.717) is 23.6 Å². The topological polar surface area (TPSA) is 107 Å². The minimum Gasteiger partial charge on any atom is -0.389 e. The summed E-state index contributed by atoms with van der Waals surface area (Å²) < 4.78 is 108. The smallest absolute Gasteiger partial charge is 0.389 e. The standard InChI is InChI=1S/C22H23F8N5O3S.C2H6/c1-10-5-20(23,24)9-35(10)18(37)14-15(39-17(34-14)16(36)33-7-19(2,3)38)11-6-31-13(32-8-21(25,26)27)4-12(11)22(28,29)30;1-2/h4,6,10,38H,5,7-9H2,1-3H3,(H,31,32)(H,33,36);1-2H3. The number of aromatic nitrogens is 2. The predicted octanol–water partition coefficient (Wildman–Crippen LogP) is 5.59. The lowest BCUT2D eigenvalue weighted by Crippen LogP contribution is -2.38. The van der Waals surface area contributed by atoms with E-state index in [1.807, 2.05) is 13.8 Å². The predicted molar refractivity (Wildman–Crippen MR) is 135 cm³/mol. The molecule has 0 bridgehead atoms. The Balaban J connectivity index is 0.00000287. The van der Waals surface area contributed by atoms with Gasteiger partial charge in [0.1, 0.15) is 18.1 Å². The molecule has 0 saturated carbocycles. The van der Waals surface area contributed by atoms with Gasteiger partial charge in [0.2, 0.25) is 0 Å². The molecule has 2 aromatic heterocycles. The molecule has 1 saturated heterocycles. The van der Waals surface area contributed by atoms with Crippen LogP contribution in [0.3, 0.4) is 0 Å². The van der Waals surface area contributed by atoms with E-state index in [1.54, 1.807) is 5.32 Å². The highest BCUT2D eigenvalue weighted by Crippen LogP contribution is 2.42. The van der Waals surface area contributed by atoms with Gasteiger partial charge in [-0.2, -0.15) is 26.3 Å². The van der Waals surface area contributed by atoms with Gasteiger partial charge in [0.05, 0.1) is 22.6 Å². The summed E-state index contributed by atoms with van der Waals surface area (Å²) in [6, 6.07) is -0.709. The molecule has 3 heterocycles. The van der Waals surface area contributed by atoms with Gasteiger partial charge in [0.25, 0.3) is 17.7 Å². The molecule has 3 rings (SSSR count). The van der Waals surface area contributed by atoms with Crippen LogP contribution in [-0.2, 0) is 6.18 Å². The third-order valence-electron chi connectivity index (χ3n) is 5.42. The fourth-order valence-corrected chi connectivity index (χ4v) is 4.69. The summed E-state index contributed by atoms with van der Waals surface area (Å²) in [6.45, 7) is 5.03. The fraction of sp³-hybridized carbons (Fsp3) is 0.583. The minimum atomic E-state index is -5.16. The van der Waals surface area contributed by atoms with E-state index in [1.165, 1.54) is 20.8 Å². The Kier molecular flexibility index (Phi) is 10.3. The third-order valence-corrected chi connectivity index (χ3v) is 6.51. The third kappa shape index (κ3) is 9.21. The Morgan fingerprint density at radius 1 is 1.15 bits per heavy atom. The monoisotopic (exact) mass is 619 g/mol. The van der Waals surface area contributed by atoms with Crippen LogP contribution in [0, 0.1) is 0 Å². The van der Waals surface area contributed by atoms with Gasteiger partial charge in [-0.25, -0.2) is 18.7 Å². The Morgan fingerprint density at radius 3 is 2.24 bits per heavy atom. The van der Waals surface area contributed by atoms with Gasteiger partial charge in [-0.15, -0.1) is 11.3 Å². The summed E-state index contributed by atoms with van der Waals surface area (Å²) in [4.78, 5) is 33.5. The Morgan fingerprint density at radius 2 is 1.76 bits per heavy atom. The highest BCUT2D eigenvalue weighted by atomic mass is 32.1. The lowest BCUT2D eigenvalue weighted by Gasteiger charge is -2.21. The van der Waals surface area contributed by atoms with Crippen LogP contribution in [0.4, 0.5) is 40.9 Å². The van der Waals surface area contributed by atoms with Crippen LogP contribution in [-0.4, -0.2) is 75.2 Å². The zero-order valence-electron chi connectivity index (χ0n) is 22.6. The maximum absolute atomic E-state index is 14.0. The van der Waals surface area contributed by atoms with E-state index in [0.717, 1.165) is 4.90 Å². The van der Waals surface area contributed by atoms with E-state index in [9.17, 15) is 49.8 Å². The van der Waals surface area contributed by atoms with Gasteiger partial charge >= 0.3 is 12.4 Å². The first-order valence-electron chi connectivity index (χ1n) is 12.3. The molecule has 2 aromatic rings. The molecular formula is C24H29F8N5O3S. The van der Waals surface area contributed by atoms with E-state index >= 15 is 0 Å². The lowest BCUT2D eigenvalue weighted by atomic mass is 10.1. The summed E-state index contributed by atoms with van der Waals surface area (Å²) in [6.07, 6.45) is -10.1. The molecule has 1 atom stereocenters. The molecule has 3 N–H and O–H groups in total. The number of rotatable bonds is 7. The van der Waals surface area contributed by atoms with E-state index < -0.39 is 93.8 Å². The second-order valence-electron chi connectivity index (χ2n) is 9.62. The van der Waals surface area contributed by atoms with Gasteiger partial charge in [0, 0.05) is 30.8 Å². The average molecular weight is 620 g/mol. The highest BCUT2D eigenvalue weighted by molar-refractivity contribution is 7.17. The van der Waals surface area contributed by atoms with Crippen molar-refractivity contribution in [1.82, 2.24) is 20.2 Å². The number of likely N-dealkylation sites (tertiary alicyclic amines) is 1. The van der Waals surface area contributed by atoms with Crippen molar-refractivity contribution in [3.8, 4) is 10.4 Å². The SMILES string of the molecule is CC.CC1CC(F)(F)CN1C(=O)c1nc(C(=O)NCC(C)(C)O)sc1-c1cnc(NCC(F)(F)F)cc1C(F)(F)F. The van der Waals surface area contributed by atoms with Crippen molar-refractivity contribution in [2.45, 2.75) is 71.0 Å². The van der Waals surface area contributed by atoms with Crippen molar-refractivity contribution in [2.75, 3.05) is 25.0 Å². The van der Waals surface area contributed by atoms with Crippen LogP contribution in [0.1, 0.15) is 66.9 Å². The Hall–Kier alpha value is -3.08. The summed E-state index contributed by atoms with van der Waals surface area (Å²) in [5.74, 6) is -6.16. The molecule has 1 fully saturated rings. The summed E-state index contributed by atoms with van der Waals surface area (Å²) >= 11 is 0.333. The largest absolute Gasteiger partial charge is 0.417 e. The number of pyridine rings is 1. The Bertz CT molecular complexity index is 1240. The number of amides is 2. The second kappa shape index (κ2) is 12.4. The van der Waals surface area contributed by atoms with Gasteiger partial charge in [-0.1, -0.05) is 13.8 Å². The number of hydrogen-bond donors (Lipinski definition) is 3. The van der Waals surface area contributed by atoms with Crippen molar-refractivity contribution in [2.24, 2.45) is 0 Å². The highest BCUT2D eigenvalue weighted by Gasteiger charge is 2.46. The zero-order chi connectivity index (χ0) is 31.6. The molecule has 230 valence electrons. The molecular weight excluding hydrogens is 590 g/mol. The van der Waals surface area contributed by atoms with Crippen molar-refractivity contribution in [1.29, 1.82) is 0 Å². The molecule has 41 heavy (non-hydrogen) atoms. The molecule has 0 spiro atoms. The number of nitrogens with one attached hydrogen (secondary N) is 2. The van der Waals surface area contributed by atoms with Crippen LogP contribution in [0.15, 0.2) is 12.3 Å². The molecule has 0 aliphatic carbocycles. The number of aliphatic hydroxyl groups is 1. The lowest BCUT2D eigenvalue weighted by molar-refractivity contribution is -0.137. The minimum absolute atomic E-state index is 0.297. The number of carbonyl (C=O) groups is 2. The number of carbonyl (C=O) groups excluding carboxylic acids is 2. The fourth-order valence-electron chi connectivity index (χ4n) is 3.70. The van der Waals surface area contributed by atoms with E-state index in [4.69, 9.17) is 0 Å². The molecule has 0 aromatic carbocycles. The molecule has 0 radical (unpaired) electrons. The van der Waals surface area contributed by atoms with Crippen LogP contribution in [0.2, 0.25) is 0 Å². The van der Waals surface area contributed by atoms with Crippen LogP contribution < -0.4 is 10.6 Å². The number of thiazole rings is 1. The average Bonchev–Trinajstić information content (AvgIpc) is 3.40. The summed E-state index contributed by atoms with van der Waals surface area (Å²) in [5, 5.41) is 13.4. The molecule has 8 nitrogen and oxygen atoms in total. The number of anilines is 1. The molecule has 1 unspecified atom stereocenters. The normalized spacial score (nSPS) is 17.1. The first-order valence-corrected chi connectivity index (χ1v) is 13.1. The summed E-state index contributed by atoms with van der Waals surface area (Å²) in [7, 11) is 0. The van der Waals surface area contributed by atoms with Crippen molar-refractivity contribution >= 4 is 29.0 Å². The van der Waals surface area contributed by atoms with Gasteiger partial charge in [0.15, 0.2) is 5.01 Å². The molecule has 1 aliphatic rings. The van der Waals surface area contributed by atoms with Gasteiger partial charge in [-0.3, -0.25) is 9.59 Å². The quantitative estimate of drug-likeness (QED) is 0.349. The number of nitrogens with zero attached hydrogens (tertiary/aromatic N) is 3. The molecule has 17 heteroatoms. The first kappa shape index (κ1) is 34.1. The number of hydrogen-bond acceptors (Lipinski definition) is 7. The maximum atomic E-state index is 14.0. The molecule has 1 aliphatic heterocycles. The van der Waals surface area contributed by atoms with Crippen molar-refractivity contribution < 1.29 is 49.8 Å². The van der Waals surface area contributed by atoms with Crippen molar-refractivity contribution in [3.63, 3.8) is 0 Å². The van der Waals surface area contributed by atoms with E-state index in [2.05, 4.69) is 15.3 Å².